The van der Waals surface area contributed by atoms with Crippen LogP contribution in [0.1, 0.15) is 31.7 Å². The van der Waals surface area contributed by atoms with E-state index in [1.807, 2.05) is 12.1 Å². The number of nitrogens with zero attached hydrogens (tertiary/aromatic N) is 1. The highest BCUT2D eigenvalue weighted by atomic mass is 32.2. The Morgan fingerprint density at radius 2 is 2.03 bits per heavy atom. The maximum absolute atomic E-state index is 12.7. The molecular weight excluding hydrogens is 426 g/mol. The normalized spacial score (nSPS) is 16.2. The van der Waals surface area contributed by atoms with Crippen molar-refractivity contribution in [3.05, 3.63) is 62.9 Å². The van der Waals surface area contributed by atoms with Crippen LogP contribution in [0, 0.1) is 0 Å². The fraction of sp³-hybridized carbons (Fsp3) is 0.500. The topological polar surface area (TPSA) is 129 Å². The summed E-state index contributed by atoms with van der Waals surface area (Å²) in [5, 5.41) is 0. The third kappa shape index (κ3) is 6.76. The second kappa shape index (κ2) is 10.7. The molecule has 10 nitrogen and oxygen atoms in total. The lowest BCUT2D eigenvalue weighted by atomic mass is 10.1. The first kappa shape index (κ1) is 23.2. The van der Waals surface area contributed by atoms with Crippen LogP contribution < -0.4 is 20.7 Å². The number of hydrogen-bond donors (Lipinski definition) is 2. The highest BCUT2D eigenvalue weighted by Gasteiger charge is 2.24. The monoisotopic (exact) mass is 453 g/mol. The standard InChI is InChI=1S/C20H27N3O7S/c1-2-19(29-14-23-9-6-18(24)22-20(23)25)31(26,27)21-13-15-4-3-5-17(12-15)30-16-7-10-28-11-8-16/h3-6,9,12,16,19,21H,2,7-8,10-11,13-14H2,1H3,(H,22,24,25). The largest absolute Gasteiger partial charge is 0.490 e. The predicted molar refractivity (Wildman–Crippen MR) is 113 cm³/mol. The number of H-pyrrole nitrogens is 1. The van der Waals surface area contributed by atoms with Gasteiger partial charge in [0.25, 0.3) is 5.56 Å². The number of nitrogens with one attached hydrogen (secondary N) is 2. The van der Waals surface area contributed by atoms with Gasteiger partial charge in [-0.15, -0.1) is 0 Å². The molecule has 3 rings (SSSR count). The van der Waals surface area contributed by atoms with E-state index in [4.69, 9.17) is 14.2 Å². The Labute approximate surface area is 180 Å². The molecule has 0 spiro atoms. The lowest BCUT2D eigenvalue weighted by Crippen LogP contribution is -2.37. The highest BCUT2D eigenvalue weighted by Crippen LogP contribution is 2.19. The maximum atomic E-state index is 12.7. The lowest BCUT2D eigenvalue weighted by molar-refractivity contribution is 0.0255. The van der Waals surface area contributed by atoms with Gasteiger partial charge in [0.2, 0.25) is 10.0 Å². The average molecular weight is 454 g/mol. The summed E-state index contributed by atoms with van der Waals surface area (Å²) >= 11 is 0. The van der Waals surface area contributed by atoms with Gasteiger partial charge < -0.3 is 14.2 Å². The molecule has 1 aliphatic heterocycles. The summed E-state index contributed by atoms with van der Waals surface area (Å²) in [4.78, 5) is 24.9. The third-order valence-corrected chi connectivity index (χ3v) is 6.53. The van der Waals surface area contributed by atoms with Crippen LogP contribution in [0.25, 0.3) is 0 Å². The fourth-order valence-electron chi connectivity index (χ4n) is 3.13. The first-order valence-corrected chi connectivity index (χ1v) is 11.6. The van der Waals surface area contributed by atoms with Crippen molar-refractivity contribution in [2.45, 2.75) is 51.0 Å². The summed E-state index contributed by atoms with van der Waals surface area (Å²) in [6.07, 6.45) is 3.17. The molecule has 2 aromatic rings. The molecule has 0 radical (unpaired) electrons. The predicted octanol–water partition coefficient (Wildman–Crippen LogP) is 0.924. The molecule has 1 unspecified atom stereocenters. The minimum atomic E-state index is -3.82. The van der Waals surface area contributed by atoms with Crippen LogP contribution in [0.5, 0.6) is 5.75 Å². The molecule has 170 valence electrons. The molecule has 1 atom stereocenters. The zero-order chi connectivity index (χ0) is 22.3. The van der Waals surface area contributed by atoms with Crippen LogP contribution in [-0.2, 0) is 32.8 Å². The molecule has 1 aromatic carbocycles. The molecule has 1 aliphatic rings. The van der Waals surface area contributed by atoms with Gasteiger partial charge in [-0.1, -0.05) is 19.1 Å². The summed E-state index contributed by atoms with van der Waals surface area (Å²) in [5.74, 6) is 0.685. The SMILES string of the molecule is CCC(OCn1ccc(=O)[nH]c1=O)S(=O)(=O)NCc1cccc(OC2CCOCC2)c1. The Hall–Kier alpha value is -2.47. The van der Waals surface area contributed by atoms with Crippen LogP contribution >= 0.6 is 0 Å². The number of ether oxygens (including phenoxy) is 3. The first-order chi connectivity index (χ1) is 14.9. The Morgan fingerprint density at radius 3 is 2.74 bits per heavy atom. The Kier molecular flexibility index (Phi) is 8.02. The molecule has 0 aliphatic carbocycles. The smallest absolute Gasteiger partial charge is 0.330 e. The van der Waals surface area contributed by atoms with Crippen molar-refractivity contribution < 1.29 is 22.6 Å². The summed E-state index contributed by atoms with van der Waals surface area (Å²) in [5.41, 5.74) is -1.62. The molecule has 0 amide bonds. The highest BCUT2D eigenvalue weighted by molar-refractivity contribution is 7.89. The first-order valence-electron chi connectivity index (χ1n) is 10.1. The Morgan fingerprint density at radius 1 is 1.26 bits per heavy atom. The van der Waals surface area contributed by atoms with E-state index in [1.165, 1.54) is 6.20 Å². The van der Waals surface area contributed by atoms with Crippen molar-refractivity contribution in [1.82, 2.24) is 14.3 Å². The van der Waals surface area contributed by atoms with Crippen LogP contribution in [0.2, 0.25) is 0 Å². The van der Waals surface area contributed by atoms with Gasteiger partial charge in [-0.25, -0.2) is 17.9 Å². The number of benzene rings is 1. The molecule has 0 saturated carbocycles. The number of sulfonamides is 1. The second-order valence-electron chi connectivity index (χ2n) is 7.16. The van der Waals surface area contributed by atoms with Gasteiger partial charge in [-0.05, 0) is 24.1 Å². The third-order valence-electron chi connectivity index (χ3n) is 4.82. The van der Waals surface area contributed by atoms with Crippen LogP contribution in [-0.4, -0.2) is 42.7 Å². The molecular formula is C20H27N3O7S. The van der Waals surface area contributed by atoms with E-state index in [0.717, 1.165) is 29.0 Å². The van der Waals surface area contributed by atoms with Gasteiger partial charge in [0.1, 0.15) is 18.6 Å². The van der Waals surface area contributed by atoms with Gasteiger partial charge in [0, 0.05) is 31.6 Å². The summed E-state index contributed by atoms with van der Waals surface area (Å²) in [6.45, 7) is 2.79. The summed E-state index contributed by atoms with van der Waals surface area (Å²) in [7, 11) is -3.82. The lowest BCUT2D eigenvalue weighted by Gasteiger charge is -2.23. The van der Waals surface area contributed by atoms with Crippen molar-refractivity contribution in [3.8, 4) is 5.75 Å². The fourth-order valence-corrected chi connectivity index (χ4v) is 4.36. The van der Waals surface area contributed by atoms with Crippen LogP contribution in [0.4, 0.5) is 0 Å². The minimum absolute atomic E-state index is 0.0752. The van der Waals surface area contributed by atoms with E-state index in [2.05, 4.69) is 9.71 Å². The number of hydrogen-bond acceptors (Lipinski definition) is 7. The molecule has 1 fully saturated rings. The Balaban J connectivity index is 1.58. The van der Waals surface area contributed by atoms with Crippen molar-refractivity contribution >= 4 is 10.0 Å². The molecule has 0 bridgehead atoms. The second-order valence-corrected chi connectivity index (χ2v) is 9.06. The number of aromatic nitrogens is 2. The van der Waals surface area contributed by atoms with Gasteiger partial charge in [0.15, 0.2) is 5.44 Å². The van der Waals surface area contributed by atoms with E-state index >= 15 is 0 Å². The summed E-state index contributed by atoms with van der Waals surface area (Å²) < 4.78 is 45.7. The van der Waals surface area contributed by atoms with Crippen LogP contribution in [0.3, 0.4) is 0 Å². The summed E-state index contributed by atoms with van der Waals surface area (Å²) in [6, 6.07) is 8.43. The molecule has 2 heterocycles. The van der Waals surface area contributed by atoms with Crippen molar-refractivity contribution in [1.29, 1.82) is 0 Å². The van der Waals surface area contributed by atoms with E-state index in [0.29, 0.717) is 19.0 Å². The van der Waals surface area contributed by atoms with Crippen LogP contribution in [0.15, 0.2) is 46.1 Å². The molecule has 11 heteroatoms. The number of aromatic amines is 1. The maximum Gasteiger partial charge on any atom is 0.330 e. The molecule has 1 saturated heterocycles. The van der Waals surface area contributed by atoms with Crippen molar-refractivity contribution in [2.75, 3.05) is 13.2 Å². The van der Waals surface area contributed by atoms with Gasteiger partial charge in [-0.3, -0.25) is 14.3 Å². The van der Waals surface area contributed by atoms with E-state index in [9.17, 15) is 18.0 Å². The molecule has 2 N–H and O–H groups in total. The van der Waals surface area contributed by atoms with E-state index < -0.39 is 26.7 Å². The molecule has 1 aromatic heterocycles. The molecule has 31 heavy (non-hydrogen) atoms. The van der Waals surface area contributed by atoms with E-state index in [-0.39, 0.29) is 25.8 Å². The van der Waals surface area contributed by atoms with Gasteiger partial charge in [0.05, 0.1) is 13.2 Å². The van der Waals surface area contributed by atoms with Gasteiger partial charge in [-0.2, -0.15) is 0 Å². The van der Waals surface area contributed by atoms with Gasteiger partial charge >= 0.3 is 5.69 Å². The quantitative estimate of drug-likeness (QED) is 0.547. The zero-order valence-corrected chi connectivity index (χ0v) is 18.1. The number of rotatable bonds is 10. The minimum Gasteiger partial charge on any atom is -0.490 e. The van der Waals surface area contributed by atoms with Crippen molar-refractivity contribution in [2.24, 2.45) is 0 Å². The Bertz CT molecular complexity index is 1070. The zero-order valence-electron chi connectivity index (χ0n) is 17.3. The van der Waals surface area contributed by atoms with E-state index in [1.54, 1.807) is 19.1 Å². The average Bonchev–Trinajstić information content (AvgIpc) is 2.75. The van der Waals surface area contributed by atoms with Crippen molar-refractivity contribution in [3.63, 3.8) is 0 Å².